The van der Waals surface area contributed by atoms with Crippen molar-refractivity contribution in [2.45, 2.75) is 13.0 Å². The van der Waals surface area contributed by atoms with Gasteiger partial charge in [-0.15, -0.1) is 11.3 Å². The normalized spacial score (nSPS) is 17.0. The Hall–Kier alpha value is -1.94. The van der Waals surface area contributed by atoms with Crippen molar-refractivity contribution in [1.29, 1.82) is 0 Å². The molecule has 0 bridgehead atoms. The standard InChI is InChI=1S/C16H12ClN3O3S3/c1-8(13(22)19-15-18-4-5-25-15)20-14(23)12(26-16(20)24)7-9-6-10(17)2-3-11(9)21/h2-8,21H,1H3,(H,18,19,22)/b12-7-. The van der Waals surface area contributed by atoms with E-state index in [-0.39, 0.29) is 16.0 Å². The first kappa shape index (κ1) is 18.8. The summed E-state index contributed by atoms with van der Waals surface area (Å²) in [7, 11) is 0. The quantitative estimate of drug-likeness (QED) is 0.573. The van der Waals surface area contributed by atoms with Crippen LogP contribution in [-0.2, 0) is 9.59 Å². The fraction of sp³-hybridized carbons (Fsp3) is 0.125. The summed E-state index contributed by atoms with van der Waals surface area (Å²) in [5, 5.41) is 15.2. The molecule has 1 saturated heterocycles. The van der Waals surface area contributed by atoms with Gasteiger partial charge in [0.05, 0.1) is 4.91 Å². The monoisotopic (exact) mass is 425 g/mol. The van der Waals surface area contributed by atoms with Gasteiger partial charge in [0.1, 0.15) is 16.1 Å². The average Bonchev–Trinajstić information content (AvgIpc) is 3.19. The summed E-state index contributed by atoms with van der Waals surface area (Å²) in [6, 6.07) is 3.73. The molecule has 2 aromatic rings. The van der Waals surface area contributed by atoms with Crippen LogP contribution in [0.1, 0.15) is 12.5 Å². The number of aromatic hydroxyl groups is 1. The van der Waals surface area contributed by atoms with Gasteiger partial charge in [-0.1, -0.05) is 35.6 Å². The summed E-state index contributed by atoms with van der Waals surface area (Å²) < 4.78 is 0.268. The van der Waals surface area contributed by atoms with Crippen LogP contribution in [0, 0.1) is 0 Å². The minimum atomic E-state index is -0.801. The number of rotatable bonds is 4. The summed E-state index contributed by atoms with van der Waals surface area (Å²) in [5.41, 5.74) is 0.401. The molecule has 6 nitrogen and oxygen atoms in total. The predicted molar refractivity (Wildman–Crippen MR) is 108 cm³/mol. The lowest BCUT2D eigenvalue weighted by Gasteiger charge is -2.21. The van der Waals surface area contributed by atoms with Gasteiger partial charge in [0, 0.05) is 22.2 Å². The summed E-state index contributed by atoms with van der Waals surface area (Å²) in [6.45, 7) is 1.59. The number of nitrogens with zero attached hydrogens (tertiary/aromatic N) is 2. The molecule has 134 valence electrons. The van der Waals surface area contributed by atoms with Crippen molar-refractivity contribution in [3.63, 3.8) is 0 Å². The second kappa shape index (κ2) is 7.75. The van der Waals surface area contributed by atoms with E-state index in [1.807, 2.05) is 0 Å². The maximum atomic E-state index is 12.7. The number of carbonyl (C=O) groups is 2. The van der Waals surface area contributed by atoms with Crippen molar-refractivity contribution in [2.75, 3.05) is 5.32 Å². The molecular weight excluding hydrogens is 414 g/mol. The third kappa shape index (κ3) is 3.90. The number of phenols is 1. The van der Waals surface area contributed by atoms with Crippen molar-refractivity contribution in [1.82, 2.24) is 9.88 Å². The molecule has 1 aromatic heterocycles. The molecule has 1 fully saturated rings. The Labute approximate surface area is 167 Å². The first-order chi connectivity index (χ1) is 12.4. The van der Waals surface area contributed by atoms with Gasteiger partial charge in [0.2, 0.25) is 5.91 Å². The van der Waals surface area contributed by atoms with Crippen LogP contribution in [0.2, 0.25) is 5.02 Å². The number of hydrogen-bond acceptors (Lipinski definition) is 7. The number of phenolic OH excluding ortho intramolecular Hbond substituents is 1. The molecule has 2 heterocycles. The predicted octanol–water partition coefficient (Wildman–Crippen LogP) is 3.73. The SMILES string of the molecule is CC(C(=O)Nc1nccs1)N1C(=O)/C(=C/c2cc(Cl)ccc2O)SC1=S. The molecule has 26 heavy (non-hydrogen) atoms. The molecule has 1 unspecified atom stereocenters. The van der Waals surface area contributed by atoms with Gasteiger partial charge >= 0.3 is 0 Å². The zero-order chi connectivity index (χ0) is 18.8. The van der Waals surface area contributed by atoms with E-state index in [0.29, 0.717) is 20.6 Å². The highest BCUT2D eigenvalue weighted by molar-refractivity contribution is 8.26. The number of thiazole rings is 1. The number of carbonyl (C=O) groups excluding carboxylic acids is 2. The fourth-order valence-electron chi connectivity index (χ4n) is 2.21. The number of thiocarbonyl (C=S) groups is 1. The topological polar surface area (TPSA) is 82.5 Å². The summed E-state index contributed by atoms with van der Waals surface area (Å²) in [4.78, 5) is 30.6. The van der Waals surface area contributed by atoms with E-state index in [2.05, 4.69) is 10.3 Å². The van der Waals surface area contributed by atoms with E-state index >= 15 is 0 Å². The Morgan fingerprint density at radius 2 is 2.27 bits per heavy atom. The molecule has 0 saturated carbocycles. The first-order valence-electron chi connectivity index (χ1n) is 7.32. The van der Waals surface area contributed by atoms with Crippen molar-refractivity contribution >= 4 is 74.3 Å². The smallest absolute Gasteiger partial charge is 0.266 e. The maximum Gasteiger partial charge on any atom is 0.266 e. The Morgan fingerprint density at radius 3 is 2.96 bits per heavy atom. The minimum Gasteiger partial charge on any atom is -0.507 e. The number of anilines is 1. The van der Waals surface area contributed by atoms with Crippen molar-refractivity contribution in [3.8, 4) is 5.75 Å². The lowest BCUT2D eigenvalue weighted by atomic mass is 10.2. The molecular formula is C16H12ClN3O3S3. The third-order valence-corrected chi connectivity index (χ3v) is 5.78. The summed E-state index contributed by atoms with van der Waals surface area (Å²) in [6.07, 6.45) is 3.08. The molecule has 1 aromatic carbocycles. The summed E-state index contributed by atoms with van der Waals surface area (Å²) >= 11 is 13.5. The largest absolute Gasteiger partial charge is 0.507 e. The highest BCUT2D eigenvalue weighted by Gasteiger charge is 2.38. The lowest BCUT2D eigenvalue weighted by Crippen LogP contribution is -2.44. The van der Waals surface area contributed by atoms with Gasteiger partial charge < -0.3 is 10.4 Å². The average molecular weight is 426 g/mol. The molecule has 0 radical (unpaired) electrons. The maximum absolute atomic E-state index is 12.7. The molecule has 1 aliphatic heterocycles. The third-order valence-electron chi connectivity index (χ3n) is 3.53. The zero-order valence-corrected chi connectivity index (χ0v) is 16.5. The Bertz CT molecular complexity index is 915. The van der Waals surface area contributed by atoms with Crippen LogP contribution < -0.4 is 5.32 Å². The van der Waals surface area contributed by atoms with Gasteiger partial charge in [-0.3, -0.25) is 14.5 Å². The van der Waals surface area contributed by atoms with E-state index in [1.54, 1.807) is 30.6 Å². The molecule has 2 amide bonds. The first-order valence-corrected chi connectivity index (χ1v) is 9.81. The molecule has 1 aliphatic rings. The van der Waals surface area contributed by atoms with E-state index in [9.17, 15) is 14.7 Å². The molecule has 0 spiro atoms. The Balaban J connectivity index is 1.81. The summed E-state index contributed by atoms with van der Waals surface area (Å²) in [5.74, 6) is -0.793. The number of thioether (sulfide) groups is 1. The van der Waals surface area contributed by atoms with Crippen LogP contribution in [0.5, 0.6) is 5.75 Å². The van der Waals surface area contributed by atoms with E-state index in [4.69, 9.17) is 23.8 Å². The van der Waals surface area contributed by atoms with E-state index in [0.717, 1.165) is 11.8 Å². The second-order valence-corrected chi connectivity index (χ2v) is 8.26. The Kier molecular flexibility index (Phi) is 5.61. The molecule has 1 atom stereocenters. The number of nitrogens with one attached hydrogen (secondary N) is 1. The van der Waals surface area contributed by atoms with Gasteiger partial charge in [-0.05, 0) is 31.2 Å². The van der Waals surface area contributed by atoms with Gasteiger partial charge in [0.25, 0.3) is 5.91 Å². The highest BCUT2D eigenvalue weighted by atomic mass is 35.5. The van der Waals surface area contributed by atoms with E-state index < -0.39 is 11.9 Å². The number of amides is 2. The number of aromatic nitrogens is 1. The van der Waals surface area contributed by atoms with Crippen LogP contribution >= 0.6 is 46.9 Å². The highest BCUT2D eigenvalue weighted by Crippen LogP contribution is 2.36. The number of benzene rings is 1. The molecule has 10 heteroatoms. The van der Waals surface area contributed by atoms with Gasteiger partial charge in [-0.2, -0.15) is 0 Å². The van der Waals surface area contributed by atoms with Crippen molar-refractivity contribution in [2.24, 2.45) is 0 Å². The molecule has 2 N–H and O–H groups in total. The van der Waals surface area contributed by atoms with Crippen LogP contribution in [-0.4, -0.2) is 37.2 Å². The number of halogens is 1. The molecule has 0 aliphatic carbocycles. The molecule has 3 rings (SSSR count). The van der Waals surface area contributed by atoms with Crippen molar-refractivity contribution in [3.05, 3.63) is 45.3 Å². The van der Waals surface area contributed by atoms with Crippen LogP contribution in [0.25, 0.3) is 6.08 Å². The van der Waals surface area contributed by atoms with Crippen LogP contribution in [0.3, 0.4) is 0 Å². The van der Waals surface area contributed by atoms with Crippen LogP contribution in [0.4, 0.5) is 5.13 Å². The van der Waals surface area contributed by atoms with Gasteiger partial charge in [0.15, 0.2) is 5.13 Å². The lowest BCUT2D eigenvalue weighted by molar-refractivity contribution is -0.129. The Morgan fingerprint density at radius 1 is 1.50 bits per heavy atom. The van der Waals surface area contributed by atoms with Crippen LogP contribution in [0.15, 0.2) is 34.7 Å². The minimum absolute atomic E-state index is 0.00534. The van der Waals surface area contributed by atoms with Crippen molar-refractivity contribution < 1.29 is 14.7 Å². The van der Waals surface area contributed by atoms with E-state index in [1.165, 1.54) is 28.4 Å². The zero-order valence-electron chi connectivity index (χ0n) is 13.3. The number of hydrogen-bond donors (Lipinski definition) is 2. The van der Waals surface area contributed by atoms with Gasteiger partial charge in [-0.25, -0.2) is 4.98 Å². The second-order valence-electron chi connectivity index (χ2n) is 5.26. The fourth-order valence-corrected chi connectivity index (χ4v) is 4.33.